The number of hydrogen-bond donors (Lipinski definition) is 3. The summed E-state index contributed by atoms with van der Waals surface area (Å²) >= 11 is 4.46. The Morgan fingerprint density at radius 1 is 0.903 bits per heavy atom. The molecule has 2 heterocycles. The summed E-state index contributed by atoms with van der Waals surface area (Å²) in [7, 11) is -1.71. The molecule has 9 heteroatoms. The van der Waals surface area contributed by atoms with Gasteiger partial charge in [-0.25, -0.2) is 0 Å². The molecule has 0 bridgehead atoms. The first-order valence-electron chi connectivity index (χ1n) is 10.0. The zero-order valence-electron chi connectivity index (χ0n) is 18.4. The SMILES string of the molecule is CC(C)(C)[Si](C)(C)OCc1cccc2c(I)[nH]nc12.OCc1cccc2c(I)[nH]nc12. The van der Waals surface area contributed by atoms with E-state index in [1.807, 2.05) is 18.2 Å². The largest absolute Gasteiger partial charge is 0.412 e. The number of rotatable bonds is 4. The van der Waals surface area contributed by atoms with Gasteiger partial charge in [-0.05, 0) is 63.3 Å². The maximum atomic E-state index is 8.99. The number of aromatic nitrogens is 4. The molecule has 0 radical (unpaired) electrons. The third kappa shape index (κ3) is 5.49. The van der Waals surface area contributed by atoms with Crippen molar-refractivity contribution in [2.75, 3.05) is 0 Å². The summed E-state index contributed by atoms with van der Waals surface area (Å²) in [5.74, 6) is 0. The molecule has 0 saturated carbocycles. The van der Waals surface area contributed by atoms with Crippen LogP contribution < -0.4 is 0 Å². The molecular formula is C22H28I2N4O2Si. The minimum atomic E-state index is -1.71. The maximum Gasteiger partial charge on any atom is 0.192 e. The van der Waals surface area contributed by atoms with Crippen LogP contribution in [0.15, 0.2) is 36.4 Å². The van der Waals surface area contributed by atoms with E-state index >= 15 is 0 Å². The van der Waals surface area contributed by atoms with Crippen molar-refractivity contribution in [3.8, 4) is 0 Å². The summed E-state index contributed by atoms with van der Waals surface area (Å²) in [5.41, 5.74) is 3.93. The fourth-order valence-electron chi connectivity index (χ4n) is 2.85. The standard InChI is InChI=1S/C14H21IN2OSi.C8H7IN2O/c1-14(2,3)19(4,5)18-9-10-7-6-8-11-12(10)16-17-13(11)15;9-8-6-3-1-2-5(4-12)7(6)10-11-8/h6-8H,9H2,1-5H3,(H,16,17);1-3,12H,4H2,(H,10,11). The molecule has 0 aliphatic rings. The molecule has 4 rings (SSSR count). The molecule has 6 nitrogen and oxygen atoms in total. The van der Waals surface area contributed by atoms with Crippen molar-refractivity contribution < 1.29 is 9.53 Å². The number of nitrogens with zero attached hydrogens (tertiary/aromatic N) is 2. The van der Waals surface area contributed by atoms with Gasteiger partial charge < -0.3 is 9.53 Å². The average Bonchev–Trinajstić information content (AvgIpc) is 3.29. The molecule has 31 heavy (non-hydrogen) atoms. The number of fused-ring (bicyclic) bond motifs is 2. The number of para-hydroxylation sites is 2. The second-order valence-corrected chi connectivity index (χ2v) is 15.9. The Morgan fingerprint density at radius 2 is 1.39 bits per heavy atom. The van der Waals surface area contributed by atoms with Crippen LogP contribution in [0.2, 0.25) is 18.1 Å². The second-order valence-electron chi connectivity index (χ2n) is 8.91. The average molecular weight is 662 g/mol. The number of nitrogens with one attached hydrogen (secondary N) is 2. The van der Waals surface area contributed by atoms with Crippen LogP contribution >= 0.6 is 45.2 Å². The zero-order chi connectivity index (χ0) is 22.8. The smallest absolute Gasteiger partial charge is 0.192 e. The highest BCUT2D eigenvalue weighted by atomic mass is 127. The third-order valence-electron chi connectivity index (χ3n) is 5.81. The molecule has 0 unspecified atom stereocenters. The van der Waals surface area contributed by atoms with E-state index in [1.165, 1.54) is 10.9 Å². The topological polar surface area (TPSA) is 86.8 Å². The third-order valence-corrected chi connectivity index (χ3v) is 11.9. The number of aliphatic hydroxyl groups is 1. The molecule has 0 atom stereocenters. The molecule has 2 aromatic carbocycles. The van der Waals surface area contributed by atoms with Crippen molar-refractivity contribution in [3.63, 3.8) is 0 Å². The van der Waals surface area contributed by atoms with Crippen molar-refractivity contribution in [2.24, 2.45) is 0 Å². The highest BCUT2D eigenvalue weighted by molar-refractivity contribution is 14.1. The van der Waals surface area contributed by atoms with Crippen LogP contribution in [0.5, 0.6) is 0 Å². The van der Waals surface area contributed by atoms with Crippen molar-refractivity contribution in [1.29, 1.82) is 0 Å². The summed E-state index contributed by atoms with van der Waals surface area (Å²) < 4.78 is 8.38. The van der Waals surface area contributed by atoms with Crippen LogP contribution in [0.4, 0.5) is 0 Å². The second kappa shape index (κ2) is 9.85. The Balaban J connectivity index is 0.000000194. The number of aliphatic hydroxyl groups excluding tert-OH is 1. The summed E-state index contributed by atoms with van der Waals surface area (Å²) in [6.45, 7) is 12.0. The predicted octanol–water partition coefficient (Wildman–Crippen LogP) is 6.35. The summed E-state index contributed by atoms with van der Waals surface area (Å²) in [6, 6.07) is 12.1. The quantitative estimate of drug-likeness (QED) is 0.176. The molecule has 4 aromatic rings. The lowest BCUT2D eigenvalue weighted by Gasteiger charge is -2.36. The van der Waals surface area contributed by atoms with Crippen LogP contribution in [0.1, 0.15) is 31.9 Å². The first-order chi connectivity index (χ1) is 14.5. The Morgan fingerprint density at radius 3 is 1.87 bits per heavy atom. The summed E-state index contributed by atoms with van der Waals surface area (Å²) in [6.07, 6.45) is 0. The lowest BCUT2D eigenvalue weighted by atomic mass is 10.1. The lowest BCUT2D eigenvalue weighted by molar-refractivity contribution is 0.277. The molecule has 2 aromatic heterocycles. The molecule has 0 aliphatic heterocycles. The molecule has 0 amide bonds. The summed E-state index contributed by atoms with van der Waals surface area (Å²) in [5, 5.41) is 25.9. The van der Waals surface area contributed by atoms with E-state index in [-0.39, 0.29) is 11.6 Å². The number of halogens is 2. The van der Waals surface area contributed by atoms with E-state index in [0.29, 0.717) is 6.61 Å². The van der Waals surface area contributed by atoms with Crippen LogP contribution in [0.3, 0.4) is 0 Å². The Hall–Kier alpha value is -1.02. The number of hydrogen-bond acceptors (Lipinski definition) is 4. The van der Waals surface area contributed by atoms with Crippen LogP contribution in [0, 0.1) is 7.40 Å². The highest BCUT2D eigenvalue weighted by Crippen LogP contribution is 2.37. The van der Waals surface area contributed by atoms with Gasteiger partial charge in [-0.15, -0.1) is 0 Å². The van der Waals surface area contributed by atoms with E-state index in [9.17, 15) is 0 Å². The minimum Gasteiger partial charge on any atom is -0.412 e. The van der Waals surface area contributed by atoms with Crippen molar-refractivity contribution in [1.82, 2.24) is 20.4 Å². The molecule has 0 aliphatic carbocycles. The minimum absolute atomic E-state index is 0.0400. The highest BCUT2D eigenvalue weighted by Gasteiger charge is 2.37. The molecule has 3 N–H and O–H groups in total. The molecule has 166 valence electrons. The Bertz CT molecular complexity index is 1180. The van der Waals surface area contributed by atoms with Gasteiger partial charge >= 0.3 is 0 Å². The van der Waals surface area contributed by atoms with Gasteiger partial charge in [-0.1, -0.05) is 57.2 Å². The maximum absolute atomic E-state index is 8.99. The van der Waals surface area contributed by atoms with Gasteiger partial charge in [0.1, 0.15) is 7.40 Å². The van der Waals surface area contributed by atoms with Gasteiger partial charge in [0.2, 0.25) is 0 Å². The predicted molar refractivity (Wildman–Crippen MR) is 146 cm³/mol. The Labute approximate surface area is 211 Å². The van der Waals surface area contributed by atoms with E-state index in [1.54, 1.807) is 0 Å². The first kappa shape index (κ1) is 24.6. The van der Waals surface area contributed by atoms with Gasteiger partial charge in [0.25, 0.3) is 0 Å². The van der Waals surface area contributed by atoms with E-state index < -0.39 is 8.32 Å². The van der Waals surface area contributed by atoms with Crippen molar-refractivity contribution in [3.05, 3.63) is 54.9 Å². The van der Waals surface area contributed by atoms with Gasteiger partial charge in [0.15, 0.2) is 8.32 Å². The van der Waals surface area contributed by atoms with Gasteiger partial charge in [-0.2, -0.15) is 10.2 Å². The van der Waals surface area contributed by atoms with Crippen molar-refractivity contribution in [2.45, 2.75) is 52.1 Å². The fourth-order valence-corrected chi connectivity index (χ4v) is 4.91. The fraction of sp³-hybridized carbons (Fsp3) is 0.364. The number of benzene rings is 2. The lowest BCUT2D eigenvalue weighted by Crippen LogP contribution is -2.40. The van der Waals surface area contributed by atoms with E-state index in [4.69, 9.17) is 9.53 Å². The van der Waals surface area contributed by atoms with E-state index in [0.717, 1.165) is 29.4 Å². The van der Waals surface area contributed by atoms with Crippen molar-refractivity contribution >= 4 is 75.3 Å². The number of aromatic amines is 2. The molecule has 0 spiro atoms. The van der Waals surface area contributed by atoms with Crippen LogP contribution in [-0.4, -0.2) is 33.8 Å². The molecule has 0 saturated heterocycles. The Kier molecular flexibility index (Phi) is 7.82. The normalized spacial score (nSPS) is 12.3. The summed E-state index contributed by atoms with van der Waals surface area (Å²) in [4.78, 5) is 0. The van der Waals surface area contributed by atoms with Crippen LogP contribution in [-0.2, 0) is 17.6 Å². The van der Waals surface area contributed by atoms with Gasteiger partial charge in [0.05, 0.1) is 24.2 Å². The number of H-pyrrole nitrogens is 2. The van der Waals surface area contributed by atoms with Gasteiger partial charge in [-0.3, -0.25) is 10.2 Å². The van der Waals surface area contributed by atoms with E-state index in [2.05, 4.69) is 118 Å². The zero-order valence-corrected chi connectivity index (χ0v) is 23.7. The first-order valence-corrected chi connectivity index (χ1v) is 15.1. The van der Waals surface area contributed by atoms with Gasteiger partial charge in [0, 0.05) is 21.9 Å². The van der Waals surface area contributed by atoms with Crippen LogP contribution in [0.25, 0.3) is 21.8 Å². The molecular weight excluding hydrogens is 634 g/mol. The monoisotopic (exact) mass is 662 g/mol. The molecule has 0 fully saturated rings.